The summed E-state index contributed by atoms with van der Waals surface area (Å²) in [6.45, 7) is 0. The first-order valence-corrected chi connectivity index (χ1v) is 7.77. The second-order valence-electron chi connectivity index (χ2n) is 5.87. The minimum atomic E-state index is 0.0302. The first-order valence-electron chi connectivity index (χ1n) is 7.77. The summed E-state index contributed by atoms with van der Waals surface area (Å²) in [6, 6.07) is 19.0. The van der Waals surface area contributed by atoms with Crippen molar-refractivity contribution in [1.29, 1.82) is 0 Å². The monoisotopic (exact) mass is 290 g/mol. The van der Waals surface area contributed by atoms with E-state index in [4.69, 9.17) is 11.5 Å². The molecule has 0 aromatic heterocycles. The van der Waals surface area contributed by atoms with Gasteiger partial charge >= 0.3 is 0 Å². The molecule has 22 heavy (non-hydrogen) atoms. The van der Waals surface area contributed by atoms with Gasteiger partial charge < -0.3 is 11.5 Å². The van der Waals surface area contributed by atoms with Crippen molar-refractivity contribution in [2.45, 2.75) is 25.3 Å². The van der Waals surface area contributed by atoms with E-state index in [0.29, 0.717) is 0 Å². The summed E-state index contributed by atoms with van der Waals surface area (Å²) in [5.74, 6) is 0. The van der Waals surface area contributed by atoms with Crippen LogP contribution in [0.1, 0.15) is 30.9 Å². The normalized spacial score (nSPS) is 15.9. The van der Waals surface area contributed by atoms with Gasteiger partial charge in [-0.2, -0.15) is 0 Å². The Morgan fingerprint density at radius 3 is 2.36 bits per heavy atom. The Balaban J connectivity index is 1.77. The van der Waals surface area contributed by atoms with Crippen LogP contribution in [0.4, 0.5) is 0 Å². The molecule has 0 aliphatic heterocycles. The van der Waals surface area contributed by atoms with Gasteiger partial charge in [-0.1, -0.05) is 60.2 Å². The number of rotatable bonds is 4. The summed E-state index contributed by atoms with van der Waals surface area (Å²) in [6.07, 6.45) is 6.99. The molecule has 0 unspecified atom stereocenters. The summed E-state index contributed by atoms with van der Waals surface area (Å²) in [5.41, 5.74) is 18.2. The topological polar surface area (TPSA) is 52.0 Å². The molecule has 0 amide bonds. The predicted octanol–water partition coefficient (Wildman–Crippen LogP) is 4.31. The van der Waals surface area contributed by atoms with Gasteiger partial charge in [0.15, 0.2) is 0 Å². The van der Waals surface area contributed by atoms with Crippen LogP contribution in [0.5, 0.6) is 0 Å². The Hall–Kier alpha value is -2.32. The maximum absolute atomic E-state index is 6.41. The van der Waals surface area contributed by atoms with Gasteiger partial charge in [0.2, 0.25) is 0 Å². The van der Waals surface area contributed by atoms with Gasteiger partial charge in [0.25, 0.3) is 0 Å². The molecule has 2 aromatic rings. The molecule has 112 valence electrons. The van der Waals surface area contributed by atoms with Crippen LogP contribution in [-0.2, 0) is 0 Å². The third-order valence-electron chi connectivity index (χ3n) is 4.17. The molecule has 0 bridgehead atoms. The largest absolute Gasteiger partial charge is 0.402 e. The fourth-order valence-electron chi connectivity index (χ4n) is 2.85. The molecule has 0 spiro atoms. The average Bonchev–Trinajstić information content (AvgIpc) is 2.58. The number of hydrogen-bond acceptors (Lipinski definition) is 2. The van der Waals surface area contributed by atoms with Crippen LogP contribution in [0, 0.1) is 0 Å². The summed E-state index contributed by atoms with van der Waals surface area (Å²) in [5, 5.41) is 0. The van der Waals surface area contributed by atoms with Crippen molar-refractivity contribution in [3.8, 4) is 11.1 Å². The van der Waals surface area contributed by atoms with E-state index in [9.17, 15) is 0 Å². The van der Waals surface area contributed by atoms with Gasteiger partial charge in [-0.15, -0.1) is 0 Å². The first kappa shape index (κ1) is 14.6. The van der Waals surface area contributed by atoms with Crippen molar-refractivity contribution < 1.29 is 0 Å². The highest BCUT2D eigenvalue weighted by molar-refractivity contribution is 5.64. The Labute approximate surface area is 132 Å². The van der Waals surface area contributed by atoms with Crippen LogP contribution in [0.25, 0.3) is 11.1 Å². The lowest BCUT2D eigenvalue weighted by molar-refractivity contribution is 0.683. The van der Waals surface area contributed by atoms with E-state index in [1.807, 2.05) is 12.1 Å². The second-order valence-corrected chi connectivity index (χ2v) is 5.87. The lowest BCUT2D eigenvalue weighted by atomic mass is 9.92. The molecular weight excluding hydrogens is 268 g/mol. The minimum Gasteiger partial charge on any atom is -0.402 e. The van der Waals surface area contributed by atoms with Crippen LogP contribution in [0.2, 0.25) is 0 Å². The molecule has 0 radical (unpaired) electrons. The molecule has 1 aliphatic carbocycles. The first-order chi connectivity index (χ1) is 10.7. The van der Waals surface area contributed by atoms with E-state index in [-0.39, 0.29) is 6.04 Å². The third-order valence-corrected chi connectivity index (χ3v) is 4.17. The number of allylic oxidation sites excluding steroid dienone is 3. The van der Waals surface area contributed by atoms with Crippen molar-refractivity contribution >= 4 is 0 Å². The maximum Gasteiger partial charge on any atom is 0.0332 e. The number of hydrogen-bond donors (Lipinski definition) is 2. The zero-order valence-corrected chi connectivity index (χ0v) is 12.7. The van der Waals surface area contributed by atoms with Gasteiger partial charge in [-0.05, 0) is 48.1 Å². The van der Waals surface area contributed by atoms with Crippen LogP contribution in [0.3, 0.4) is 0 Å². The average molecular weight is 290 g/mol. The van der Waals surface area contributed by atoms with Crippen LogP contribution < -0.4 is 11.5 Å². The SMILES string of the molecule is NC1=CC=C(C[C@H](N)c2cccc(-c3ccccc3)c2)CC1. The van der Waals surface area contributed by atoms with E-state index in [1.165, 1.54) is 22.3 Å². The van der Waals surface area contributed by atoms with Gasteiger partial charge in [0, 0.05) is 11.7 Å². The summed E-state index contributed by atoms with van der Waals surface area (Å²) in [7, 11) is 0. The van der Waals surface area contributed by atoms with E-state index >= 15 is 0 Å². The molecule has 2 nitrogen and oxygen atoms in total. The predicted molar refractivity (Wildman–Crippen MR) is 93.0 cm³/mol. The van der Waals surface area contributed by atoms with Crippen molar-refractivity contribution in [2.75, 3.05) is 0 Å². The summed E-state index contributed by atoms with van der Waals surface area (Å²) < 4.78 is 0. The smallest absolute Gasteiger partial charge is 0.0332 e. The van der Waals surface area contributed by atoms with Crippen LogP contribution >= 0.6 is 0 Å². The lowest BCUT2D eigenvalue weighted by Crippen LogP contribution is -2.12. The molecule has 4 N–H and O–H groups in total. The molecule has 2 aromatic carbocycles. The van der Waals surface area contributed by atoms with Gasteiger partial charge in [-0.25, -0.2) is 0 Å². The zero-order valence-electron chi connectivity index (χ0n) is 12.7. The lowest BCUT2D eigenvalue weighted by Gasteiger charge is -2.18. The van der Waals surface area contributed by atoms with Gasteiger partial charge in [-0.3, -0.25) is 0 Å². The van der Waals surface area contributed by atoms with E-state index in [1.54, 1.807) is 0 Å². The van der Waals surface area contributed by atoms with Crippen molar-refractivity contribution in [3.05, 3.63) is 83.6 Å². The Morgan fingerprint density at radius 1 is 0.864 bits per heavy atom. The van der Waals surface area contributed by atoms with Gasteiger partial charge in [0.05, 0.1) is 0 Å². The van der Waals surface area contributed by atoms with E-state index in [0.717, 1.165) is 25.0 Å². The second kappa shape index (κ2) is 6.63. The minimum absolute atomic E-state index is 0.0302. The fourth-order valence-corrected chi connectivity index (χ4v) is 2.85. The van der Waals surface area contributed by atoms with Gasteiger partial charge in [0.1, 0.15) is 0 Å². The van der Waals surface area contributed by atoms with Crippen molar-refractivity contribution in [1.82, 2.24) is 0 Å². The number of benzene rings is 2. The molecule has 0 saturated heterocycles. The molecule has 3 rings (SSSR count). The standard InChI is InChI=1S/C20H22N2/c21-19-11-9-15(10-12-19)13-20(22)18-8-4-7-17(14-18)16-5-2-1-3-6-16/h1-9,11,14,20H,10,12-13,21-22H2/t20-/m0/s1. The Morgan fingerprint density at radius 2 is 1.64 bits per heavy atom. The molecule has 0 heterocycles. The van der Waals surface area contributed by atoms with E-state index < -0.39 is 0 Å². The van der Waals surface area contributed by atoms with Crippen molar-refractivity contribution in [2.24, 2.45) is 11.5 Å². The molecule has 0 saturated carbocycles. The highest BCUT2D eigenvalue weighted by Gasteiger charge is 2.12. The molecule has 0 fully saturated rings. The fraction of sp³-hybridized carbons (Fsp3) is 0.200. The third kappa shape index (κ3) is 3.46. The van der Waals surface area contributed by atoms with E-state index in [2.05, 4.69) is 54.6 Å². The number of nitrogens with two attached hydrogens (primary N) is 2. The Kier molecular flexibility index (Phi) is 4.40. The molecular formula is C20H22N2. The zero-order chi connectivity index (χ0) is 15.4. The summed E-state index contributed by atoms with van der Waals surface area (Å²) in [4.78, 5) is 0. The molecule has 1 aliphatic rings. The highest BCUT2D eigenvalue weighted by Crippen LogP contribution is 2.27. The van der Waals surface area contributed by atoms with Crippen LogP contribution in [0.15, 0.2) is 78.0 Å². The quantitative estimate of drug-likeness (QED) is 0.881. The van der Waals surface area contributed by atoms with Crippen molar-refractivity contribution in [3.63, 3.8) is 0 Å². The molecule has 1 atom stereocenters. The Bertz CT molecular complexity index is 699. The maximum atomic E-state index is 6.41. The summed E-state index contributed by atoms with van der Waals surface area (Å²) >= 11 is 0. The highest BCUT2D eigenvalue weighted by atomic mass is 14.6. The molecule has 2 heteroatoms. The van der Waals surface area contributed by atoms with Crippen LogP contribution in [-0.4, -0.2) is 0 Å².